The first-order chi connectivity index (χ1) is 13.5. The van der Waals surface area contributed by atoms with E-state index < -0.39 is 15.6 Å². The average Bonchev–Trinajstić information content (AvgIpc) is 2.64. The van der Waals surface area contributed by atoms with Crippen molar-refractivity contribution in [2.75, 3.05) is 11.9 Å². The van der Waals surface area contributed by atoms with E-state index in [1.165, 1.54) is 0 Å². The van der Waals surface area contributed by atoms with Gasteiger partial charge in [0.05, 0.1) is 23.1 Å². The second kappa shape index (κ2) is 8.89. The van der Waals surface area contributed by atoms with Gasteiger partial charge in [-0.2, -0.15) is 17.7 Å². The van der Waals surface area contributed by atoms with Gasteiger partial charge in [-0.05, 0) is 31.3 Å². The van der Waals surface area contributed by atoms with Crippen LogP contribution in [-0.2, 0) is 21.9 Å². The molecule has 6 nitrogen and oxygen atoms in total. The molecule has 0 amide bonds. The van der Waals surface area contributed by atoms with Gasteiger partial charge in [0.25, 0.3) is 5.17 Å². The van der Waals surface area contributed by atoms with Crippen molar-refractivity contribution >= 4 is 55.0 Å². The monoisotopic (exact) mass is 446 g/mol. The zero-order chi connectivity index (χ0) is 21.8. The van der Waals surface area contributed by atoms with Gasteiger partial charge in [-0.1, -0.05) is 24.3 Å². The van der Waals surface area contributed by atoms with E-state index in [0.29, 0.717) is 11.8 Å². The van der Waals surface area contributed by atoms with Crippen LogP contribution >= 0.6 is 12.2 Å². The molecule has 3 rings (SSSR count). The molecule has 156 valence electrons. The molecule has 1 aromatic heterocycles. The number of hydrogen-bond acceptors (Lipinski definition) is 5. The van der Waals surface area contributed by atoms with Crippen LogP contribution in [0, 0.1) is 0 Å². The van der Waals surface area contributed by atoms with E-state index in [4.69, 9.17) is 29.9 Å². The SMILES string of the molecule is CCOC(=S)Nc1c2ccccc2[n+](C)c2ccccc12.O=S(=O)([O-])C(F)(F)F. The van der Waals surface area contributed by atoms with Crippen molar-refractivity contribution in [2.24, 2.45) is 7.05 Å². The van der Waals surface area contributed by atoms with Gasteiger partial charge in [0.15, 0.2) is 10.1 Å². The number of nitrogens with one attached hydrogen (secondary N) is 1. The number of rotatable bonds is 2. The minimum absolute atomic E-state index is 0.404. The third kappa shape index (κ3) is 5.31. The number of aromatic nitrogens is 1. The first-order valence-electron chi connectivity index (χ1n) is 8.22. The summed E-state index contributed by atoms with van der Waals surface area (Å²) in [5.74, 6) is 0. The van der Waals surface area contributed by atoms with E-state index in [1.54, 1.807) is 0 Å². The molecule has 0 aliphatic rings. The Balaban J connectivity index is 0.000000321. The number of anilines is 1. The van der Waals surface area contributed by atoms with E-state index in [0.717, 1.165) is 27.5 Å². The van der Waals surface area contributed by atoms with Crippen LogP contribution in [0.1, 0.15) is 6.92 Å². The molecule has 2 aromatic carbocycles. The van der Waals surface area contributed by atoms with Crippen molar-refractivity contribution < 1.29 is 35.4 Å². The average molecular weight is 446 g/mol. The number of aryl methyl sites for hydroxylation is 1. The lowest BCUT2D eigenvalue weighted by Crippen LogP contribution is -2.30. The molecule has 0 saturated heterocycles. The number of benzene rings is 2. The third-order valence-electron chi connectivity index (χ3n) is 3.86. The lowest BCUT2D eigenvalue weighted by molar-refractivity contribution is -0.617. The Labute approximate surface area is 170 Å². The fourth-order valence-corrected chi connectivity index (χ4v) is 2.85. The first-order valence-corrected chi connectivity index (χ1v) is 10.0. The Morgan fingerprint density at radius 1 is 1.10 bits per heavy atom. The number of thiocarbonyl (C=S) groups is 1. The van der Waals surface area contributed by atoms with Crippen LogP contribution in [0.3, 0.4) is 0 Å². The summed E-state index contributed by atoms with van der Waals surface area (Å²) in [6, 6.07) is 16.6. The van der Waals surface area contributed by atoms with E-state index >= 15 is 0 Å². The molecule has 1 N–H and O–H groups in total. The van der Waals surface area contributed by atoms with Gasteiger partial charge in [-0.3, -0.25) is 0 Å². The highest BCUT2D eigenvalue weighted by Gasteiger charge is 2.36. The van der Waals surface area contributed by atoms with E-state index in [9.17, 15) is 13.2 Å². The molecule has 0 unspecified atom stereocenters. The summed E-state index contributed by atoms with van der Waals surface area (Å²) < 4.78 is 66.5. The van der Waals surface area contributed by atoms with E-state index in [1.807, 2.05) is 31.2 Å². The molecule has 0 spiro atoms. The summed E-state index contributed by atoms with van der Waals surface area (Å²) in [6.07, 6.45) is 0. The second-order valence-corrected chi connectivity index (χ2v) is 7.46. The normalized spacial score (nSPS) is 11.7. The summed E-state index contributed by atoms with van der Waals surface area (Å²) in [7, 11) is -4.01. The minimum Gasteiger partial charge on any atom is -0.741 e. The second-order valence-electron chi connectivity index (χ2n) is 5.71. The van der Waals surface area contributed by atoms with Crippen molar-refractivity contribution in [3.63, 3.8) is 0 Å². The number of hydrogen-bond donors (Lipinski definition) is 1. The Bertz CT molecular complexity index is 1090. The first kappa shape index (κ1) is 22.8. The number of halogens is 3. The van der Waals surface area contributed by atoms with Crippen molar-refractivity contribution in [2.45, 2.75) is 12.4 Å². The summed E-state index contributed by atoms with van der Waals surface area (Å²) in [6.45, 7) is 2.48. The van der Waals surface area contributed by atoms with Gasteiger partial charge in [-0.25, -0.2) is 8.42 Å². The van der Waals surface area contributed by atoms with Crippen LogP contribution in [0.5, 0.6) is 0 Å². The number of ether oxygens (including phenoxy) is 1. The van der Waals surface area contributed by atoms with Gasteiger partial charge < -0.3 is 14.6 Å². The van der Waals surface area contributed by atoms with Crippen LogP contribution in [0.15, 0.2) is 48.5 Å². The van der Waals surface area contributed by atoms with Crippen LogP contribution in [-0.4, -0.2) is 30.3 Å². The van der Waals surface area contributed by atoms with Gasteiger partial charge in [0.2, 0.25) is 11.0 Å². The highest BCUT2D eigenvalue weighted by atomic mass is 32.2. The van der Waals surface area contributed by atoms with Crippen molar-refractivity contribution in [1.82, 2.24) is 0 Å². The van der Waals surface area contributed by atoms with Crippen LogP contribution in [0.2, 0.25) is 0 Å². The van der Waals surface area contributed by atoms with Crippen LogP contribution < -0.4 is 9.88 Å². The van der Waals surface area contributed by atoms with Crippen LogP contribution in [0.4, 0.5) is 18.9 Å². The molecule has 0 saturated carbocycles. The van der Waals surface area contributed by atoms with Crippen molar-refractivity contribution in [1.29, 1.82) is 0 Å². The van der Waals surface area contributed by atoms with Crippen molar-refractivity contribution in [3.8, 4) is 0 Å². The highest BCUT2D eigenvalue weighted by Crippen LogP contribution is 2.29. The molecule has 0 atom stereocenters. The smallest absolute Gasteiger partial charge is 0.485 e. The maximum atomic E-state index is 10.7. The molecular weight excluding hydrogens is 429 g/mol. The topological polar surface area (TPSA) is 82.3 Å². The third-order valence-corrected chi connectivity index (χ3v) is 4.64. The van der Waals surface area contributed by atoms with Crippen molar-refractivity contribution in [3.05, 3.63) is 48.5 Å². The zero-order valence-corrected chi connectivity index (χ0v) is 17.0. The molecule has 0 aliphatic heterocycles. The molecular formula is C18H17F3N2O4S2. The molecule has 0 fully saturated rings. The summed E-state index contributed by atoms with van der Waals surface area (Å²) in [4.78, 5) is 0. The predicted molar refractivity (Wildman–Crippen MR) is 106 cm³/mol. The lowest BCUT2D eigenvalue weighted by Gasteiger charge is -2.12. The zero-order valence-electron chi connectivity index (χ0n) is 15.4. The summed E-state index contributed by atoms with van der Waals surface area (Å²) in [5.41, 5.74) is -2.35. The number of pyridine rings is 1. The molecule has 11 heteroatoms. The van der Waals surface area contributed by atoms with E-state index in [2.05, 4.69) is 41.2 Å². The van der Waals surface area contributed by atoms with Gasteiger partial charge in [-0.15, -0.1) is 0 Å². The lowest BCUT2D eigenvalue weighted by atomic mass is 10.1. The molecule has 3 aromatic rings. The minimum atomic E-state index is -6.09. The molecule has 0 radical (unpaired) electrons. The maximum absolute atomic E-state index is 10.7. The predicted octanol–water partition coefficient (Wildman–Crippen LogP) is 3.60. The molecule has 29 heavy (non-hydrogen) atoms. The van der Waals surface area contributed by atoms with Crippen LogP contribution in [0.25, 0.3) is 21.8 Å². The molecule has 0 bridgehead atoms. The Hall–Kier alpha value is -2.50. The Morgan fingerprint density at radius 2 is 1.52 bits per heavy atom. The standard InChI is InChI=1S/C17H16N2OS.CHF3O3S/c1-3-20-17(21)18-16-12-8-4-6-10-14(12)19(2)15-11-7-5-9-13(15)16;2-1(3,4)8(5,6)7/h4-11H,3H2,1-2H3;(H,5,6,7). The fraction of sp³-hybridized carbons (Fsp3) is 0.222. The highest BCUT2D eigenvalue weighted by molar-refractivity contribution is 7.86. The van der Waals surface area contributed by atoms with Gasteiger partial charge in [0, 0.05) is 12.1 Å². The Kier molecular flexibility index (Phi) is 6.98. The Morgan fingerprint density at radius 3 is 1.90 bits per heavy atom. The number of alkyl halides is 3. The number of nitrogens with zero attached hydrogens (tertiary/aromatic N) is 1. The molecule has 1 heterocycles. The summed E-state index contributed by atoms with van der Waals surface area (Å²) >= 11 is 5.25. The van der Waals surface area contributed by atoms with Gasteiger partial charge >= 0.3 is 5.51 Å². The number of fused-ring (bicyclic) bond motifs is 2. The largest absolute Gasteiger partial charge is 0.741 e. The summed E-state index contributed by atoms with van der Waals surface area (Å²) in [5, 5.41) is 5.91. The number of para-hydroxylation sites is 2. The fourth-order valence-electron chi connectivity index (χ4n) is 2.63. The van der Waals surface area contributed by atoms with E-state index in [-0.39, 0.29) is 0 Å². The van der Waals surface area contributed by atoms with Gasteiger partial charge in [0.1, 0.15) is 7.05 Å². The maximum Gasteiger partial charge on any atom is 0.485 e. The molecule has 0 aliphatic carbocycles. The quantitative estimate of drug-likeness (QED) is 0.213.